The minimum atomic E-state index is -3.63. The van der Waals surface area contributed by atoms with E-state index < -0.39 is 10.1 Å². The summed E-state index contributed by atoms with van der Waals surface area (Å²) in [6, 6.07) is 13.5. The second-order valence-electron chi connectivity index (χ2n) is 6.50. The summed E-state index contributed by atoms with van der Waals surface area (Å²) in [7, 11) is -1.99. The second-order valence-corrected chi connectivity index (χ2v) is 8.14. The van der Waals surface area contributed by atoms with Crippen molar-refractivity contribution in [1.29, 1.82) is 0 Å². The Kier molecular flexibility index (Phi) is 4.73. The molecule has 6 heteroatoms. The molecule has 3 rings (SSSR count). The lowest BCUT2D eigenvalue weighted by Gasteiger charge is -2.18. The molecule has 1 aromatic heterocycles. The van der Waals surface area contributed by atoms with E-state index in [2.05, 4.69) is 0 Å². The average molecular weight is 371 g/mol. The topological polar surface area (TPSA) is 65.4 Å². The predicted molar refractivity (Wildman–Crippen MR) is 104 cm³/mol. The molecular weight excluding hydrogens is 350 g/mol. The number of hydrogen-bond donors (Lipinski definition) is 0. The smallest absolute Gasteiger partial charge is 0.264 e. The molecule has 136 valence electrons. The number of rotatable bonds is 4. The Morgan fingerprint density at radius 1 is 1.00 bits per heavy atom. The average Bonchev–Trinajstić information content (AvgIpc) is 2.58. The van der Waals surface area contributed by atoms with Crippen molar-refractivity contribution >= 4 is 20.9 Å². The van der Waals surface area contributed by atoms with Gasteiger partial charge in [-0.1, -0.05) is 36.4 Å². The summed E-state index contributed by atoms with van der Waals surface area (Å²) < 4.78 is 29.5. The highest BCUT2D eigenvalue weighted by Gasteiger charge is 2.18. The first-order valence-electron chi connectivity index (χ1n) is 8.21. The molecular formula is C20H21NO4S. The molecule has 0 saturated carbocycles. The van der Waals surface area contributed by atoms with Crippen LogP contribution in [-0.4, -0.2) is 19.2 Å². The maximum atomic E-state index is 12.9. The molecule has 0 aliphatic heterocycles. The SMILES string of the molecule is Cc1cc2c(-c3ccccc3)c(COS(C)(=O)=O)n(C)c(=O)c2cc1C. The molecule has 0 N–H and O–H groups in total. The molecule has 0 aliphatic carbocycles. The summed E-state index contributed by atoms with van der Waals surface area (Å²) in [5.74, 6) is 0. The molecule has 0 unspecified atom stereocenters. The molecule has 2 aromatic carbocycles. The van der Waals surface area contributed by atoms with Crippen LogP contribution < -0.4 is 5.56 Å². The van der Waals surface area contributed by atoms with Gasteiger partial charge in [0.25, 0.3) is 15.7 Å². The van der Waals surface area contributed by atoms with E-state index in [1.165, 1.54) is 4.57 Å². The molecule has 0 amide bonds. The van der Waals surface area contributed by atoms with Crippen molar-refractivity contribution in [3.05, 3.63) is 69.6 Å². The van der Waals surface area contributed by atoms with Crippen LogP contribution in [-0.2, 0) is 28.0 Å². The lowest BCUT2D eigenvalue weighted by Crippen LogP contribution is -2.23. The first kappa shape index (κ1) is 18.4. The van der Waals surface area contributed by atoms with Crippen LogP contribution in [0, 0.1) is 13.8 Å². The van der Waals surface area contributed by atoms with Crippen molar-refractivity contribution in [2.24, 2.45) is 7.05 Å². The Morgan fingerprint density at radius 3 is 2.15 bits per heavy atom. The fraction of sp³-hybridized carbons (Fsp3) is 0.250. The number of aryl methyl sites for hydroxylation is 2. The highest BCUT2D eigenvalue weighted by molar-refractivity contribution is 7.85. The number of benzene rings is 2. The molecule has 0 bridgehead atoms. The first-order chi connectivity index (χ1) is 12.2. The van der Waals surface area contributed by atoms with E-state index in [0.29, 0.717) is 11.1 Å². The van der Waals surface area contributed by atoms with E-state index in [1.807, 2.05) is 56.3 Å². The fourth-order valence-corrected chi connectivity index (χ4v) is 3.41. The molecule has 5 nitrogen and oxygen atoms in total. The highest BCUT2D eigenvalue weighted by Crippen LogP contribution is 2.32. The standard InChI is InChI=1S/C20H21NO4S/c1-13-10-16-17(11-14(13)2)20(22)21(3)18(12-25-26(4,23)24)19(16)15-8-6-5-7-9-15/h5-11H,12H2,1-4H3. The lowest BCUT2D eigenvalue weighted by molar-refractivity contribution is 0.302. The monoisotopic (exact) mass is 371 g/mol. The molecule has 0 atom stereocenters. The van der Waals surface area contributed by atoms with Crippen molar-refractivity contribution in [2.45, 2.75) is 20.5 Å². The highest BCUT2D eigenvalue weighted by atomic mass is 32.2. The Bertz CT molecular complexity index is 1150. The minimum absolute atomic E-state index is 0.171. The summed E-state index contributed by atoms with van der Waals surface area (Å²) in [6.07, 6.45) is 1.00. The van der Waals surface area contributed by atoms with Gasteiger partial charge in [0.05, 0.1) is 11.9 Å². The molecule has 0 fully saturated rings. The summed E-state index contributed by atoms with van der Waals surface area (Å²) in [4.78, 5) is 12.9. The maximum Gasteiger partial charge on any atom is 0.264 e. The van der Waals surface area contributed by atoms with Crippen molar-refractivity contribution < 1.29 is 12.6 Å². The molecule has 0 spiro atoms. The van der Waals surface area contributed by atoms with Crippen LogP contribution in [0.5, 0.6) is 0 Å². The zero-order valence-corrected chi connectivity index (χ0v) is 16.1. The third kappa shape index (κ3) is 3.43. The molecule has 3 aromatic rings. The van der Waals surface area contributed by atoms with Gasteiger partial charge in [0.15, 0.2) is 0 Å². The predicted octanol–water partition coefficient (Wildman–Crippen LogP) is 3.30. The third-order valence-electron chi connectivity index (χ3n) is 4.60. The largest absolute Gasteiger partial charge is 0.312 e. The molecule has 0 aliphatic rings. The normalized spacial score (nSPS) is 11.8. The van der Waals surface area contributed by atoms with E-state index in [4.69, 9.17) is 4.18 Å². The maximum absolute atomic E-state index is 12.9. The number of aromatic nitrogens is 1. The summed E-state index contributed by atoms with van der Waals surface area (Å²) in [5.41, 5.74) is 4.18. The Labute approximate surface area is 153 Å². The molecule has 1 heterocycles. The van der Waals surface area contributed by atoms with Crippen molar-refractivity contribution in [1.82, 2.24) is 4.57 Å². The third-order valence-corrected chi connectivity index (χ3v) is 5.15. The van der Waals surface area contributed by atoms with Gasteiger partial charge in [-0.25, -0.2) is 0 Å². The minimum Gasteiger partial charge on any atom is -0.312 e. The number of fused-ring (bicyclic) bond motifs is 1. The van der Waals surface area contributed by atoms with E-state index in [1.54, 1.807) is 7.05 Å². The number of nitrogens with zero attached hydrogens (tertiary/aromatic N) is 1. The van der Waals surface area contributed by atoms with Gasteiger partial charge in [-0.2, -0.15) is 8.42 Å². The summed E-state index contributed by atoms with van der Waals surface area (Å²) in [5, 5.41) is 1.41. The number of pyridine rings is 1. The Morgan fingerprint density at radius 2 is 1.58 bits per heavy atom. The van der Waals surface area contributed by atoms with Crippen LogP contribution in [0.4, 0.5) is 0 Å². The van der Waals surface area contributed by atoms with Crippen LogP contribution >= 0.6 is 0 Å². The van der Waals surface area contributed by atoms with Crippen LogP contribution in [0.25, 0.3) is 21.9 Å². The van der Waals surface area contributed by atoms with Crippen molar-refractivity contribution in [3.8, 4) is 11.1 Å². The van der Waals surface area contributed by atoms with E-state index in [0.717, 1.165) is 33.9 Å². The van der Waals surface area contributed by atoms with Gasteiger partial charge in [0.2, 0.25) is 0 Å². The second kappa shape index (κ2) is 6.70. The lowest BCUT2D eigenvalue weighted by atomic mass is 9.94. The molecule has 26 heavy (non-hydrogen) atoms. The van der Waals surface area contributed by atoms with Crippen LogP contribution in [0.3, 0.4) is 0 Å². The quantitative estimate of drug-likeness (QED) is 0.660. The Hall–Kier alpha value is -2.44. The van der Waals surface area contributed by atoms with Crippen molar-refractivity contribution in [2.75, 3.05) is 6.26 Å². The summed E-state index contributed by atoms with van der Waals surface area (Å²) >= 11 is 0. The van der Waals surface area contributed by atoms with Crippen LogP contribution in [0.15, 0.2) is 47.3 Å². The number of hydrogen-bond acceptors (Lipinski definition) is 4. The van der Waals surface area contributed by atoms with Crippen molar-refractivity contribution in [3.63, 3.8) is 0 Å². The fourth-order valence-electron chi connectivity index (χ4n) is 3.09. The van der Waals surface area contributed by atoms with Gasteiger partial charge in [-0.05, 0) is 42.0 Å². The zero-order valence-electron chi connectivity index (χ0n) is 15.2. The summed E-state index contributed by atoms with van der Waals surface area (Å²) in [6.45, 7) is 3.77. The van der Waals surface area contributed by atoms with Gasteiger partial charge in [0, 0.05) is 18.0 Å². The van der Waals surface area contributed by atoms with E-state index in [-0.39, 0.29) is 12.2 Å². The van der Waals surface area contributed by atoms with Gasteiger partial charge >= 0.3 is 0 Å². The Balaban J connectivity index is 2.43. The van der Waals surface area contributed by atoms with E-state index >= 15 is 0 Å². The van der Waals surface area contributed by atoms with Gasteiger partial charge in [0.1, 0.15) is 6.61 Å². The van der Waals surface area contributed by atoms with Crippen LogP contribution in [0.2, 0.25) is 0 Å². The molecule has 0 radical (unpaired) electrons. The van der Waals surface area contributed by atoms with Gasteiger partial charge in [-0.15, -0.1) is 0 Å². The van der Waals surface area contributed by atoms with Gasteiger partial charge < -0.3 is 4.57 Å². The van der Waals surface area contributed by atoms with Crippen LogP contribution in [0.1, 0.15) is 16.8 Å². The molecule has 0 saturated heterocycles. The zero-order chi connectivity index (χ0) is 19.1. The van der Waals surface area contributed by atoms with Gasteiger partial charge in [-0.3, -0.25) is 8.98 Å². The van der Waals surface area contributed by atoms with E-state index in [9.17, 15) is 13.2 Å². The first-order valence-corrected chi connectivity index (χ1v) is 10.0.